The lowest BCUT2D eigenvalue weighted by Gasteiger charge is -2.14. The summed E-state index contributed by atoms with van der Waals surface area (Å²) >= 11 is 0. The van der Waals surface area contributed by atoms with Gasteiger partial charge in [-0.15, -0.1) is 0 Å². The lowest BCUT2D eigenvalue weighted by atomic mass is 10.0. The highest BCUT2D eigenvalue weighted by Gasteiger charge is 2.43. The van der Waals surface area contributed by atoms with Crippen LogP contribution in [0.15, 0.2) is 6.20 Å². The number of hydrogen-bond acceptors (Lipinski definition) is 4. The molecule has 1 N–H and O–H groups in total. The van der Waals surface area contributed by atoms with E-state index in [4.69, 9.17) is 5.11 Å². The molecule has 0 amide bonds. The zero-order valence-electron chi connectivity index (χ0n) is 8.41. The third-order valence-electron chi connectivity index (χ3n) is 2.04. The highest BCUT2D eigenvalue weighted by atomic mass is 19.4. The first kappa shape index (κ1) is 14.2. The Labute approximate surface area is 96.0 Å². The van der Waals surface area contributed by atoms with Gasteiger partial charge in [0.15, 0.2) is 0 Å². The first-order chi connectivity index (χ1) is 8.20. The van der Waals surface area contributed by atoms with Crippen molar-refractivity contribution >= 4 is 5.69 Å². The van der Waals surface area contributed by atoms with Crippen LogP contribution in [-0.2, 0) is 12.8 Å². The Kier molecular flexibility index (Phi) is 3.79. The van der Waals surface area contributed by atoms with E-state index in [0.29, 0.717) is 0 Å². The van der Waals surface area contributed by atoms with Crippen molar-refractivity contribution in [3.8, 4) is 0 Å². The van der Waals surface area contributed by atoms with E-state index < -0.39 is 46.6 Å². The third-order valence-corrected chi connectivity index (χ3v) is 2.04. The molecule has 1 heterocycles. The Balaban J connectivity index is 3.67. The molecule has 0 spiro atoms. The average Bonchev–Trinajstić information content (AvgIpc) is 2.25. The van der Waals surface area contributed by atoms with E-state index in [9.17, 15) is 32.1 Å². The molecule has 5 nitrogen and oxygen atoms in total. The van der Waals surface area contributed by atoms with Gasteiger partial charge in [0.1, 0.15) is 17.5 Å². The standard InChI is InChI=1S/C8H5F5N2O3/c9-7(10)6-3(2-16)5(8(11,12)13)4(1-14-6)15(17)18/h1,7,16H,2H2. The summed E-state index contributed by atoms with van der Waals surface area (Å²) in [7, 11) is 0. The Morgan fingerprint density at radius 1 is 1.44 bits per heavy atom. The smallest absolute Gasteiger partial charge is 0.392 e. The molecule has 1 aromatic rings. The summed E-state index contributed by atoms with van der Waals surface area (Å²) in [6.45, 7) is -1.43. The fraction of sp³-hybridized carbons (Fsp3) is 0.375. The molecule has 1 rings (SSSR count). The van der Waals surface area contributed by atoms with Crippen molar-refractivity contribution in [3.63, 3.8) is 0 Å². The highest BCUT2D eigenvalue weighted by molar-refractivity contribution is 5.47. The minimum atomic E-state index is -5.24. The maximum atomic E-state index is 12.6. The molecule has 10 heteroatoms. The predicted octanol–water partition coefficient (Wildman–Crippen LogP) is 2.44. The number of aliphatic hydroxyl groups excluding tert-OH is 1. The first-order valence-corrected chi connectivity index (χ1v) is 4.32. The van der Waals surface area contributed by atoms with Gasteiger partial charge >= 0.3 is 6.18 Å². The number of nitrogens with zero attached hydrogens (tertiary/aromatic N) is 2. The summed E-state index contributed by atoms with van der Waals surface area (Å²) in [6, 6.07) is 0. The van der Waals surface area contributed by atoms with Crippen molar-refractivity contribution in [1.82, 2.24) is 4.98 Å². The SMILES string of the molecule is O=[N+]([O-])c1cnc(C(F)F)c(CO)c1C(F)(F)F. The van der Waals surface area contributed by atoms with Gasteiger partial charge in [-0.1, -0.05) is 0 Å². The summed E-state index contributed by atoms with van der Waals surface area (Å²) < 4.78 is 62.6. The molecule has 1 aromatic heterocycles. The number of alkyl halides is 5. The highest BCUT2D eigenvalue weighted by Crippen LogP contribution is 2.40. The van der Waals surface area contributed by atoms with Gasteiger partial charge in [0.2, 0.25) is 0 Å². The lowest BCUT2D eigenvalue weighted by molar-refractivity contribution is -0.388. The van der Waals surface area contributed by atoms with Crippen LogP contribution in [0, 0.1) is 10.1 Å². The average molecular weight is 272 g/mol. The van der Waals surface area contributed by atoms with Crippen LogP contribution in [-0.4, -0.2) is 15.0 Å². The largest absolute Gasteiger partial charge is 0.423 e. The van der Waals surface area contributed by atoms with Crippen LogP contribution in [0.3, 0.4) is 0 Å². The van der Waals surface area contributed by atoms with Crippen molar-refractivity contribution in [1.29, 1.82) is 0 Å². The molecule has 0 atom stereocenters. The minimum absolute atomic E-state index is 0.101. The molecule has 0 unspecified atom stereocenters. The Morgan fingerprint density at radius 3 is 2.33 bits per heavy atom. The maximum absolute atomic E-state index is 12.6. The van der Waals surface area contributed by atoms with Gasteiger partial charge < -0.3 is 5.11 Å². The molecule has 0 saturated heterocycles. The van der Waals surface area contributed by atoms with Gasteiger partial charge in [-0.3, -0.25) is 10.1 Å². The number of hydrogen-bond donors (Lipinski definition) is 1. The monoisotopic (exact) mass is 272 g/mol. The lowest BCUT2D eigenvalue weighted by Crippen LogP contribution is -2.16. The summed E-state index contributed by atoms with van der Waals surface area (Å²) in [5.74, 6) is 0. The number of aromatic nitrogens is 1. The van der Waals surface area contributed by atoms with Crippen molar-refractivity contribution in [2.75, 3.05) is 0 Å². The van der Waals surface area contributed by atoms with E-state index in [1.54, 1.807) is 0 Å². The zero-order valence-corrected chi connectivity index (χ0v) is 8.41. The summed E-state index contributed by atoms with van der Waals surface area (Å²) in [5.41, 5.74) is -5.99. The summed E-state index contributed by atoms with van der Waals surface area (Å²) in [6.07, 6.45) is -8.52. The second-order valence-corrected chi connectivity index (χ2v) is 3.10. The van der Waals surface area contributed by atoms with Gasteiger partial charge in [0.25, 0.3) is 12.1 Å². The van der Waals surface area contributed by atoms with Crippen molar-refractivity contribution < 1.29 is 32.0 Å². The van der Waals surface area contributed by atoms with Crippen molar-refractivity contribution in [3.05, 3.63) is 33.1 Å². The van der Waals surface area contributed by atoms with E-state index in [2.05, 4.69) is 4.98 Å². The first-order valence-electron chi connectivity index (χ1n) is 4.32. The molecule has 0 aliphatic carbocycles. The van der Waals surface area contributed by atoms with Crippen molar-refractivity contribution in [2.24, 2.45) is 0 Å². The number of halogens is 5. The summed E-state index contributed by atoms with van der Waals surface area (Å²) in [4.78, 5) is 11.9. The van der Waals surface area contributed by atoms with Crippen LogP contribution < -0.4 is 0 Å². The third kappa shape index (κ3) is 2.53. The van der Waals surface area contributed by atoms with Crippen LogP contribution in [0.1, 0.15) is 23.2 Å². The van der Waals surface area contributed by atoms with Crippen molar-refractivity contribution in [2.45, 2.75) is 19.2 Å². The van der Waals surface area contributed by atoms with E-state index in [1.165, 1.54) is 0 Å². The van der Waals surface area contributed by atoms with E-state index in [0.717, 1.165) is 0 Å². The molecule has 0 aliphatic heterocycles. The predicted molar refractivity (Wildman–Crippen MR) is 46.8 cm³/mol. The topological polar surface area (TPSA) is 76.3 Å². The molecule has 18 heavy (non-hydrogen) atoms. The molecule has 0 bridgehead atoms. The molecule has 100 valence electrons. The fourth-order valence-corrected chi connectivity index (χ4v) is 1.36. The van der Waals surface area contributed by atoms with Gasteiger partial charge in [-0.25, -0.2) is 13.8 Å². The molecule has 0 fully saturated rings. The van der Waals surface area contributed by atoms with E-state index >= 15 is 0 Å². The van der Waals surface area contributed by atoms with Crippen LogP contribution in [0.5, 0.6) is 0 Å². The Morgan fingerprint density at radius 2 is 2.00 bits per heavy atom. The number of pyridine rings is 1. The maximum Gasteiger partial charge on any atom is 0.423 e. The van der Waals surface area contributed by atoms with Crippen LogP contribution >= 0.6 is 0 Å². The van der Waals surface area contributed by atoms with Gasteiger partial charge in [-0.2, -0.15) is 13.2 Å². The second-order valence-electron chi connectivity index (χ2n) is 3.10. The molecule has 0 aliphatic rings. The zero-order chi connectivity index (χ0) is 14.1. The minimum Gasteiger partial charge on any atom is -0.392 e. The molecule has 0 saturated carbocycles. The Bertz CT molecular complexity index is 475. The molecular weight excluding hydrogens is 267 g/mol. The van der Waals surface area contributed by atoms with Gasteiger partial charge in [0, 0.05) is 5.56 Å². The van der Waals surface area contributed by atoms with Crippen LogP contribution in [0.2, 0.25) is 0 Å². The number of aliphatic hydroxyl groups is 1. The number of rotatable bonds is 3. The quantitative estimate of drug-likeness (QED) is 0.521. The summed E-state index contributed by atoms with van der Waals surface area (Å²) in [5, 5.41) is 19.1. The van der Waals surface area contributed by atoms with Gasteiger partial charge in [0.05, 0.1) is 11.5 Å². The van der Waals surface area contributed by atoms with Crippen LogP contribution in [0.4, 0.5) is 27.6 Å². The molecule has 0 aromatic carbocycles. The van der Waals surface area contributed by atoms with Gasteiger partial charge in [-0.05, 0) is 0 Å². The fourth-order valence-electron chi connectivity index (χ4n) is 1.36. The normalized spacial score (nSPS) is 11.9. The second kappa shape index (κ2) is 4.80. The molecular formula is C8H5F5N2O3. The van der Waals surface area contributed by atoms with E-state index in [-0.39, 0.29) is 6.20 Å². The number of nitro groups is 1. The Hall–Kier alpha value is -1.84. The van der Waals surface area contributed by atoms with Crippen LogP contribution in [0.25, 0.3) is 0 Å². The molecule has 0 radical (unpaired) electrons. The van der Waals surface area contributed by atoms with E-state index in [1.807, 2.05) is 0 Å².